The van der Waals surface area contributed by atoms with Crippen molar-refractivity contribution < 1.29 is 42.9 Å². The predicted octanol–water partition coefficient (Wildman–Crippen LogP) is 2.56. The van der Waals surface area contributed by atoms with E-state index in [1.54, 1.807) is 39.5 Å². The lowest BCUT2D eigenvalue weighted by atomic mass is 10.0. The number of carbonyl (C=O) groups excluding carboxylic acids is 4. The number of ether oxygens (including phenoxy) is 5. The second-order valence-corrected chi connectivity index (χ2v) is 11.0. The first-order chi connectivity index (χ1) is 17.9. The van der Waals surface area contributed by atoms with Gasteiger partial charge in [0.15, 0.2) is 11.5 Å². The fourth-order valence-electron chi connectivity index (χ4n) is 4.75. The molecule has 12 nitrogen and oxygen atoms in total. The van der Waals surface area contributed by atoms with Gasteiger partial charge in [-0.05, 0) is 49.9 Å². The lowest BCUT2D eigenvalue weighted by Gasteiger charge is -2.30. The van der Waals surface area contributed by atoms with Gasteiger partial charge in [0.05, 0.1) is 13.7 Å². The van der Waals surface area contributed by atoms with E-state index in [9.17, 15) is 19.2 Å². The van der Waals surface area contributed by atoms with Crippen LogP contribution in [0.5, 0.6) is 11.5 Å². The summed E-state index contributed by atoms with van der Waals surface area (Å²) >= 11 is 0. The van der Waals surface area contributed by atoms with Gasteiger partial charge in [0, 0.05) is 19.5 Å². The summed E-state index contributed by atoms with van der Waals surface area (Å²) in [5.74, 6) is -0.121. The number of rotatable bonds is 5. The van der Waals surface area contributed by atoms with E-state index in [0.717, 1.165) is 11.1 Å². The van der Waals surface area contributed by atoms with E-state index in [-0.39, 0.29) is 25.7 Å². The number of hydrogen-bond acceptors (Lipinski definition) is 9. The monoisotopic (exact) mass is 533 g/mol. The first kappa shape index (κ1) is 27.3. The molecule has 1 aromatic rings. The molecule has 1 fully saturated rings. The Morgan fingerprint density at radius 1 is 1.05 bits per heavy atom. The third-order valence-corrected chi connectivity index (χ3v) is 6.57. The molecule has 12 heteroatoms. The van der Waals surface area contributed by atoms with Gasteiger partial charge in [0.2, 0.25) is 12.7 Å². The van der Waals surface area contributed by atoms with E-state index in [0.29, 0.717) is 24.6 Å². The Kier molecular flexibility index (Phi) is 7.61. The number of nitrogens with one attached hydrogen (secondary N) is 1. The number of nitrogens with zero attached hydrogens (tertiary/aromatic N) is 2. The van der Waals surface area contributed by atoms with Gasteiger partial charge in [-0.15, -0.1) is 0 Å². The number of benzene rings is 1. The largest absolute Gasteiger partial charge is 0.467 e. The highest BCUT2D eigenvalue weighted by molar-refractivity contribution is 5.90. The zero-order valence-corrected chi connectivity index (χ0v) is 22.6. The molecule has 0 saturated carbocycles. The van der Waals surface area contributed by atoms with Gasteiger partial charge in [-0.25, -0.2) is 14.4 Å². The maximum atomic E-state index is 13.5. The Hall–Kier alpha value is -3.70. The molecule has 0 spiro atoms. The molecular formula is C26H35N3O9. The highest BCUT2D eigenvalue weighted by Gasteiger charge is 2.45. The molecule has 0 bridgehead atoms. The minimum absolute atomic E-state index is 0.0136. The van der Waals surface area contributed by atoms with Crippen LogP contribution in [0.2, 0.25) is 0 Å². The molecule has 0 aliphatic carbocycles. The van der Waals surface area contributed by atoms with Crippen LogP contribution in [0.15, 0.2) is 12.1 Å². The third kappa shape index (κ3) is 5.89. The van der Waals surface area contributed by atoms with Gasteiger partial charge in [0.1, 0.15) is 23.8 Å². The van der Waals surface area contributed by atoms with Crippen LogP contribution >= 0.6 is 0 Å². The highest BCUT2D eigenvalue weighted by Crippen LogP contribution is 2.38. The van der Waals surface area contributed by atoms with Crippen molar-refractivity contribution in [3.05, 3.63) is 23.3 Å². The molecule has 38 heavy (non-hydrogen) atoms. The number of amides is 3. The van der Waals surface area contributed by atoms with Gasteiger partial charge < -0.3 is 33.9 Å². The van der Waals surface area contributed by atoms with Gasteiger partial charge in [-0.1, -0.05) is 13.8 Å². The van der Waals surface area contributed by atoms with Crippen molar-refractivity contribution in [2.24, 2.45) is 5.92 Å². The summed E-state index contributed by atoms with van der Waals surface area (Å²) in [5, 5.41) is 2.62. The predicted molar refractivity (Wildman–Crippen MR) is 132 cm³/mol. The second-order valence-electron chi connectivity index (χ2n) is 11.0. The summed E-state index contributed by atoms with van der Waals surface area (Å²) in [6, 6.07) is 1.81. The van der Waals surface area contributed by atoms with Crippen molar-refractivity contribution in [1.29, 1.82) is 0 Å². The average Bonchev–Trinajstić information content (AvgIpc) is 3.56. The lowest BCUT2D eigenvalue weighted by Crippen LogP contribution is -2.54. The van der Waals surface area contributed by atoms with E-state index in [1.807, 2.05) is 12.1 Å². The molecule has 4 rings (SSSR count). The van der Waals surface area contributed by atoms with Crippen LogP contribution in [-0.4, -0.2) is 78.1 Å². The fraction of sp³-hybridized carbons (Fsp3) is 0.615. The molecule has 1 saturated heterocycles. The standard InChI is InChI=1S/C26H35N3O9/c1-14(2)21(27-24(32)38-26(3,4)5)22(30)29-12-17(9-18(29)23(31)34-6)37-25(33)28-10-15-7-19-20(36-13-35-19)8-16(15)11-28/h7-8,14,17-18,21H,9-13H2,1-6H3,(H,27,32)/t17-,18+,21+/m1/s1. The molecule has 3 amide bonds. The van der Waals surface area contributed by atoms with E-state index in [1.165, 1.54) is 12.0 Å². The maximum Gasteiger partial charge on any atom is 0.410 e. The lowest BCUT2D eigenvalue weighted by molar-refractivity contribution is -0.152. The molecule has 0 aromatic heterocycles. The maximum absolute atomic E-state index is 13.5. The Labute approximate surface area is 221 Å². The van der Waals surface area contributed by atoms with E-state index < -0.39 is 47.9 Å². The Morgan fingerprint density at radius 2 is 1.66 bits per heavy atom. The van der Waals surface area contributed by atoms with Crippen LogP contribution in [0.3, 0.4) is 0 Å². The van der Waals surface area contributed by atoms with Gasteiger partial charge in [-0.3, -0.25) is 9.69 Å². The van der Waals surface area contributed by atoms with Crippen LogP contribution in [0.4, 0.5) is 9.59 Å². The highest BCUT2D eigenvalue weighted by atomic mass is 16.7. The first-order valence-corrected chi connectivity index (χ1v) is 12.6. The van der Waals surface area contributed by atoms with Crippen molar-refractivity contribution in [3.8, 4) is 11.5 Å². The number of hydrogen-bond donors (Lipinski definition) is 1. The number of carbonyl (C=O) groups is 4. The van der Waals surface area contributed by atoms with Gasteiger partial charge >= 0.3 is 18.2 Å². The second kappa shape index (κ2) is 10.6. The number of alkyl carbamates (subject to hydrolysis) is 1. The number of fused-ring (bicyclic) bond motifs is 2. The third-order valence-electron chi connectivity index (χ3n) is 6.57. The first-order valence-electron chi connectivity index (χ1n) is 12.6. The molecule has 1 aromatic carbocycles. The Bertz CT molecular complexity index is 1080. The zero-order chi connectivity index (χ0) is 27.8. The zero-order valence-electron chi connectivity index (χ0n) is 22.6. The summed E-state index contributed by atoms with van der Waals surface area (Å²) in [7, 11) is 1.23. The molecule has 1 N–H and O–H groups in total. The van der Waals surface area contributed by atoms with Crippen molar-refractivity contribution in [2.45, 2.75) is 77.9 Å². The molecule has 0 unspecified atom stereocenters. The SMILES string of the molecule is COC(=O)[C@@H]1C[C@@H](OC(=O)N2Cc3cc4c(cc3C2)OCO4)CN1C(=O)[C@@H](NC(=O)OC(C)(C)C)C(C)C. The van der Waals surface area contributed by atoms with Crippen molar-refractivity contribution >= 4 is 24.1 Å². The van der Waals surface area contributed by atoms with Crippen LogP contribution in [0.25, 0.3) is 0 Å². The summed E-state index contributed by atoms with van der Waals surface area (Å²) in [6.07, 6.45) is -1.95. The van der Waals surface area contributed by atoms with Crippen molar-refractivity contribution in [3.63, 3.8) is 0 Å². The molecule has 0 radical (unpaired) electrons. The van der Waals surface area contributed by atoms with Gasteiger partial charge in [-0.2, -0.15) is 0 Å². The van der Waals surface area contributed by atoms with Crippen LogP contribution in [-0.2, 0) is 36.9 Å². The topological polar surface area (TPSA) is 133 Å². The van der Waals surface area contributed by atoms with Crippen LogP contribution in [0, 0.1) is 5.92 Å². The fourth-order valence-corrected chi connectivity index (χ4v) is 4.75. The quantitative estimate of drug-likeness (QED) is 0.448. The minimum Gasteiger partial charge on any atom is -0.467 e. The van der Waals surface area contributed by atoms with E-state index in [2.05, 4.69) is 5.32 Å². The molecule has 3 atom stereocenters. The van der Waals surface area contributed by atoms with Crippen molar-refractivity contribution in [1.82, 2.24) is 15.1 Å². The number of esters is 1. The molecule has 208 valence electrons. The summed E-state index contributed by atoms with van der Waals surface area (Å²) < 4.78 is 26.8. The molecular weight excluding hydrogens is 498 g/mol. The molecule has 3 aliphatic heterocycles. The molecule has 3 aliphatic rings. The normalized spacial score (nSPS) is 20.7. The average molecular weight is 534 g/mol. The number of methoxy groups -OCH3 is 1. The van der Waals surface area contributed by atoms with E-state index in [4.69, 9.17) is 23.7 Å². The Balaban J connectivity index is 1.42. The van der Waals surface area contributed by atoms with Crippen LogP contribution in [0.1, 0.15) is 52.2 Å². The van der Waals surface area contributed by atoms with Gasteiger partial charge in [0.25, 0.3) is 0 Å². The molecule has 3 heterocycles. The minimum atomic E-state index is -0.958. The van der Waals surface area contributed by atoms with E-state index >= 15 is 0 Å². The summed E-state index contributed by atoms with van der Waals surface area (Å²) in [6.45, 7) is 9.56. The summed E-state index contributed by atoms with van der Waals surface area (Å²) in [4.78, 5) is 54.3. The number of likely N-dealkylation sites (tertiary alicyclic amines) is 1. The van der Waals surface area contributed by atoms with Crippen LogP contribution < -0.4 is 14.8 Å². The summed E-state index contributed by atoms with van der Waals surface area (Å²) in [5.41, 5.74) is 1.13. The van der Waals surface area contributed by atoms with Crippen molar-refractivity contribution in [2.75, 3.05) is 20.4 Å². The Morgan fingerprint density at radius 3 is 2.18 bits per heavy atom. The smallest absolute Gasteiger partial charge is 0.410 e.